The third-order valence-electron chi connectivity index (χ3n) is 2.08. The Morgan fingerprint density at radius 1 is 1.59 bits per heavy atom. The average Bonchev–Trinajstić information content (AvgIpc) is 2.27. The van der Waals surface area contributed by atoms with Crippen molar-refractivity contribution < 1.29 is 9.53 Å². The molecule has 0 radical (unpaired) electrons. The second kappa shape index (κ2) is 7.25. The highest BCUT2D eigenvalue weighted by atomic mass is 79.9. The van der Waals surface area contributed by atoms with Crippen LogP contribution >= 0.6 is 15.9 Å². The zero-order valence-electron chi connectivity index (χ0n) is 9.94. The second-order valence-electron chi connectivity index (χ2n) is 3.75. The van der Waals surface area contributed by atoms with Gasteiger partial charge in [-0.15, -0.1) is 0 Å². The molecule has 4 heteroatoms. The number of rotatable bonds is 5. The van der Waals surface area contributed by atoms with E-state index in [1.807, 2.05) is 31.2 Å². The largest absolute Gasteiger partial charge is 0.383 e. The SMILES string of the molecule is COC[C@H](C)NC(=O)/C=C/c1cccc(Br)c1. The van der Waals surface area contributed by atoms with E-state index in [1.165, 1.54) is 6.08 Å². The summed E-state index contributed by atoms with van der Waals surface area (Å²) in [7, 11) is 1.61. The zero-order chi connectivity index (χ0) is 12.7. The number of hydrogen-bond acceptors (Lipinski definition) is 2. The molecule has 0 aliphatic heterocycles. The number of nitrogens with one attached hydrogen (secondary N) is 1. The number of amides is 1. The Morgan fingerprint density at radius 2 is 2.35 bits per heavy atom. The molecule has 1 rings (SSSR count). The lowest BCUT2D eigenvalue weighted by molar-refractivity contribution is -0.117. The molecule has 0 saturated carbocycles. The molecule has 3 nitrogen and oxygen atoms in total. The van der Waals surface area contributed by atoms with Crippen LogP contribution in [0.1, 0.15) is 12.5 Å². The molecule has 0 bridgehead atoms. The van der Waals surface area contributed by atoms with Gasteiger partial charge in [0.25, 0.3) is 0 Å². The van der Waals surface area contributed by atoms with Crippen molar-refractivity contribution in [1.82, 2.24) is 5.32 Å². The van der Waals surface area contributed by atoms with E-state index in [0.29, 0.717) is 6.61 Å². The minimum atomic E-state index is -0.116. The van der Waals surface area contributed by atoms with E-state index in [-0.39, 0.29) is 11.9 Å². The quantitative estimate of drug-likeness (QED) is 0.849. The summed E-state index contributed by atoms with van der Waals surface area (Å²) in [6, 6.07) is 7.77. The van der Waals surface area contributed by atoms with Crippen LogP contribution in [0.3, 0.4) is 0 Å². The van der Waals surface area contributed by atoms with Gasteiger partial charge in [-0.3, -0.25) is 4.79 Å². The fourth-order valence-corrected chi connectivity index (χ4v) is 1.78. The Balaban J connectivity index is 2.51. The van der Waals surface area contributed by atoms with Crippen molar-refractivity contribution in [3.8, 4) is 0 Å². The van der Waals surface area contributed by atoms with E-state index >= 15 is 0 Å². The predicted molar refractivity (Wildman–Crippen MR) is 72.7 cm³/mol. The van der Waals surface area contributed by atoms with Gasteiger partial charge >= 0.3 is 0 Å². The van der Waals surface area contributed by atoms with Gasteiger partial charge in [-0.05, 0) is 30.7 Å². The number of ether oxygens (including phenoxy) is 1. The molecule has 0 fully saturated rings. The van der Waals surface area contributed by atoms with Crippen molar-refractivity contribution in [1.29, 1.82) is 0 Å². The van der Waals surface area contributed by atoms with Gasteiger partial charge in [0.15, 0.2) is 0 Å². The lowest BCUT2D eigenvalue weighted by Crippen LogP contribution is -2.34. The third kappa shape index (κ3) is 5.65. The van der Waals surface area contributed by atoms with Crippen LogP contribution in [0, 0.1) is 0 Å². The summed E-state index contributed by atoms with van der Waals surface area (Å²) in [5, 5.41) is 2.80. The fourth-order valence-electron chi connectivity index (χ4n) is 1.36. The molecular weight excluding hydrogens is 282 g/mol. The van der Waals surface area contributed by atoms with Gasteiger partial charge in [-0.25, -0.2) is 0 Å². The average molecular weight is 298 g/mol. The van der Waals surface area contributed by atoms with Crippen molar-refractivity contribution in [3.05, 3.63) is 40.4 Å². The zero-order valence-corrected chi connectivity index (χ0v) is 11.5. The van der Waals surface area contributed by atoms with Crippen LogP contribution in [-0.4, -0.2) is 25.7 Å². The third-order valence-corrected chi connectivity index (χ3v) is 2.57. The summed E-state index contributed by atoms with van der Waals surface area (Å²) < 4.78 is 5.93. The normalized spacial score (nSPS) is 12.6. The van der Waals surface area contributed by atoms with Crippen LogP contribution in [0.5, 0.6) is 0 Å². The van der Waals surface area contributed by atoms with E-state index < -0.39 is 0 Å². The molecule has 1 aromatic carbocycles. The number of hydrogen-bond donors (Lipinski definition) is 1. The van der Waals surface area contributed by atoms with Crippen LogP contribution in [0.2, 0.25) is 0 Å². The number of methoxy groups -OCH3 is 1. The maximum absolute atomic E-state index is 11.5. The molecular formula is C13H16BrNO2. The maximum atomic E-state index is 11.5. The Kier molecular flexibility index (Phi) is 5.94. The van der Waals surface area contributed by atoms with Gasteiger partial charge in [0, 0.05) is 23.7 Å². The summed E-state index contributed by atoms with van der Waals surface area (Å²) in [6.07, 6.45) is 3.30. The first kappa shape index (κ1) is 13.9. The monoisotopic (exact) mass is 297 g/mol. The molecule has 0 aromatic heterocycles. The van der Waals surface area contributed by atoms with Gasteiger partial charge in [0.2, 0.25) is 5.91 Å². The van der Waals surface area contributed by atoms with Crippen LogP contribution in [0.4, 0.5) is 0 Å². The van der Waals surface area contributed by atoms with E-state index in [2.05, 4.69) is 21.2 Å². The molecule has 1 aromatic rings. The minimum Gasteiger partial charge on any atom is -0.383 e. The minimum absolute atomic E-state index is 0.0136. The number of carbonyl (C=O) groups excluding carboxylic acids is 1. The highest BCUT2D eigenvalue weighted by Gasteiger charge is 2.02. The van der Waals surface area contributed by atoms with Crippen molar-refractivity contribution in [2.75, 3.05) is 13.7 Å². The number of benzene rings is 1. The van der Waals surface area contributed by atoms with E-state index in [9.17, 15) is 4.79 Å². The summed E-state index contributed by atoms with van der Waals surface area (Å²) in [5.41, 5.74) is 0.980. The van der Waals surface area contributed by atoms with Gasteiger partial charge < -0.3 is 10.1 Å². The van der Waals surface area contributed by atoms with Gasteiger partial charge in [-0.1, -0.05) is 28.1 Å². The van der Waals surface area contributed by atoms with Crippen LogP contribution in [0.15, 0.2) is 34.8 Å². The summed E-state index contributed by atoms with van der Waals surface area (Å²) in [5.74, 6) is -0.116. The fraction of sp³-hybridized carbons (Fsp3) is 0.308. The first-order valence-electron chi connectivity index (χ1n) is 5.35. The van der Waals surface area contributed by atoms with Gasteiger partial charge in [0.1, 0.15) is 0 Å². The van der Waals surface area contributed by atoms with Crippen LogP contribution in [-0.2, 0) is 9.53 Å². The van der Waals surface area contributed by atoms with Crippen molar-refractivity contribution in [3.63, 3.8) is 0 Å². The molecule has 0 unspecified atom stereocenters. The highest BCUT2D eigenvalue weighted by molar-refractivity contribution is 9.10. The summed E-state index contributed by atoms with van der Waals surface area (Å²) in [4.78, 5) is 11.5. The molecule has 0 heterocycles. The molecule has 1 amide bonds. The number of halogens is 1. The molecule has 17 heavy (non-hydrogen) atoms. The molecule has 92 valence electrons. The Bertz CT molecular complexity index is 404. The molecule has 0 aliphatic rings. The smallest absolute Gasteiger partial charge is 0.244 e. The predicted octanol–water partition coefficient (Wildman–Crippen LogP) is 2.61. The lowest BCUT2D eigenvalue weighted by atomic mass is 10.2. The Labute approximate surface area is 110 Å². The van der Waals surface area contributed by atoms with E-state index in [1.54, 1.807) is 13.2 Å². The summed E-state index contributed by atoms with van der Waals surface area (Å²) >= 11 is 3.38. The summed E-state index contributed by atoms with van der Waals surface area (Å²) in [6.45, 7) is 2.41. The molecule has 0 aliphatic carbocycles. The van der Waals surface area contributed by atoms with Crippen molar-refractivity contribution >= 4 is 27.9 Å². The molecule has 1 N–H and O–H groups in total. The van der Waals surface area contributed by atoms with Crippen molar-refractivity contribution in [2.45, 2.75) is 13.0 Å². The first-order valence-corrected chi connectivity index (χ1v) is 6.14. The lowest BCUT2D eigenvalue weighted by Gasteiger charge is -2.10. The molecule has 1 atom stereocenters. The number of carbonyl (C=O) groups is 1. The van der Waals surface area contributed by atoms with Crippen LogP contribution in [0.25, 0.3) is 6.08 Å². The standard InChI is InChI=1S/C13H16BrNO2/c1-10(9-17-2)15-13(16)7-6-11-4-3-5-12(14)8-11/h3-8,10H,9H2,1-2H3,(H,15,16)/b7-6+/t10-/m0/s1. The Morgan fingerprint density at radius 3 is 3.00 bits per heavy atom. The Hall–Kier alpha value is -1.13. The van der Waals surface area contributed by atoms with Crippen LogP contribution < -0.4 is 5.32 Å². The molecule has 0 spiro atoms. The first-order chi connectivity index (χ1) is 8.11. The van der Waals surface area contributed by atoms with E-state index in [4.69, 9.17) is 4.74 Å². The second-order valence-corrected chi connectivity index (χ2v) is 4.67. The van der Waals surface area contributed by atoms with Crippen molar-refractivity contribution in [2.24, 2.45) is 0 Å². The molecule has 0 saturated heterocycles. The van der Waals surface area contributed by atoms with E-state index in [0.717, 1.165) is 10.0 Å². The van der Waals surface area contributed by atoms with Gasteiger partial charge in [0.05, 0.1) is 6.61 Å². The topological polar surface area (TPSA) is 38.3 Å². The highest BCUT2D eigenvalue weighted by Crippen LogP contribution is 2.12. The maximum Gasteiger partial charge on any atom is 0.244 e. The van der Waals surface area contributed by atoms with Gasteiger partial charge in [-0.2, -0.15) is 0 Å².